The first kappa shape index (κ1) is 16.5. The topological polar surface area (TPSA) is 64.4 Å². The molecule has 2 atom stereocenters. The summed E-state index contributed by atoms with van der Waals surface area (Å²) < 4.78 is 5.66. The zero-order chi connectivity index (χ0) is 15.2. The van der Waals surface area contributed by atoms with E-state index in [0.29, 0.717) is 13.2 Å². The summed E-state index contributed by atoms with van der Waals surface area (Å²) in [5, 5.41) is 2.96. The maximum atomic E-state index is 12.1. The van der Waals surface area contributed by atoms with Crippen LogP contribution in [0.2, 0.25) is 0 Å². The van der Waals surface area contributed by atoms with Crippen molar-refractivity contribution in [1.82, 2.24) is 5.32 Å². The van der Waals surface area contributed by atoms with Crippen LogP contribution in [0.1, 0.15) is 32.8 Å². The Labute approximate surface area is 121 Å². The summed E-state index contributed by atoms with van der Waals surface area (Å²) in [6.45, 7) is 8.61. The van der Waals surface area contributed by atoms with E-state index in [1.807, 2.05) is 52.0 Å². The Bertz CT molecular complexity index is 425. The van der Waals surface area contributed by atoms with Gasteiger partial charge < -0.3 is 15.8 Å². The van der Waals surface area contributed by atoms with Crippen molar-refractivity contribution in [2.75, 3.05) is 13.2 Å². The largest absolute Gasteiger partial charge is 0.491 e. The Morgan fingerprint density at radius 1 is 1.40 bits per heavy atom. The van der Waals surface area contributed by atoms with Gasteiger partial charge in [-0.3, -0.25) is 4.79 Å². The fourth-order valence-corrected chi connectivity index (χ4v) is 1.69. The molecule has 1 rings (SSSR count). The summed E-state index contributed by atoms with van der Waals surface area (Å²) in [7, 11) is 0. The Kier molecular flexibility index (Phi) is 6.02. The molecule has 0 saturated heterocycles. The summed E-state index contributed by atoms with van der Waals surface area (Å²) >= 11 is 0. The summed E-state index contributed by atoms with van der Waals surface area (Å²) in [6, 6.07) is 7.81. The molecule has 1 aromatic rings. The maximum absolute atomic E-state index is 12.1. The zero-order valence-corrected chi connectivity index (χ0v) is 12.9. The van der Waals surface area contributed by atoms with Crippen molar-refractivity contribution in [2.45, 2.75) is 40.2 Å². The predicted molar refractivity (Wildman–Crippen MR) is 81.7 cm³/mol. The quantitative estimate of drug-likeness (QED) is 0.804. The summed E-state index contributed by atoms with van der Waals surface area (Å²) in [4.78, 5) is 12.1. The SMILES string of the molecule is CCC(C)(CN)C(=O)NC(C)COc1ccc(C)cc1. The molecule has 0 bridgehead atoms. The highest BCUT2D eigenvalue weighted by molar-refractivity contribution is 5.82. The number of amides is 1. The number of aryl methyl sites for hydroxylation is 1. The zero-order valence-electron chi connectivity index (χ0n) is 12.9. The van der Waals surface area contributed by atoms with Gasteiger partial charge in [0.15, 0.2) is 0 Å². The van der Waals surface area contributed by atoms with Crippen molar-refractivity contribution in [3.63, 3.8) is 0 Å². The van der Waals surface area contributed by atoms with E-state index >= 15 is 0 Å². The fourth-order valence-electron chi connectivity index (χ4n) is 1.69. The minimum absolute atomic E-state index is 0.0116. The lowest BCUT2D eigenvalue weighted by atomic mass is 9.86. The van der Waals surface area contributed by atoms with Crippen molar-refractivity contribution in [2.24, 2.45) is 11.1 Å². The first-order valence-electron chi connectivity index (χ1n) is 7.12. The van der Waals surface area contributed by atoms with Gasteiger partial charge in [-0.05, 0) is 39.3 Å². The van der Waals surface area contributed by atoms with E-state index in [4.69, 9.17) is 10.5 Å². The summed E-state index contributed by atoms with van der Waals surface area (Å²) in [6.07, 6.45) is 0.723. The van der Waals surface area contributed by atoms with Crippen LogP contribution in [-0.2, 0) is 4.79 Å². The number of ether oxygens (including phenoxy) is 1. The molecule has 1 aromatic carbocycles. The van der Waals surface area contributed by atoms with Crippen LogP contribution < -0.4 is 15.8 Å². The molecule has 112 valence electrons. The van der Waals surface area contributed by atoms with Crippen LogP contribution in [-0.4, -0.2) is 25.1 Å². The lowest BCUT2D eigenvalue weighted by Gasteiger charge is -2.27. The molecule has 0 radical (unpaired) electrons. The van der Waals surface area contributed by atoms with Crippen LogP contribution in [0.3, 0.4) is 0 Å². The number of hydrogen-bond donors (Lipinski definition) is 2. The normalized spacial score (nSPS) is 15.2. The van der Waals surface area contributed by atoms with E-state index in [1.165, 1.54) is 5.56 Å². The lowest BCUT2D eigenvalue weighted by molar-refractivity contribution is -0.130. The second kappa shape index (κ2) is 7.29. The first-order valence-corrected chi connectivity index (χ1v) is 7.12. The predicted octanol–water partition coefficient (Wildman–Crippen LogP) is 2.25. The Morgan fingerprint density at radius 2 is 2.00 bits per heavy atom. The maximum Gasteiger partial charge on any atom is 0.227 e. The molecule has 0 fully saturated rings. The van der Waals surface area contributed by atoms with Crippen LogP contribution >= 0.6 is 0 Å². The molecule has 20 heavy (non-hydrogen) atoms. The molecule has 0 aliphatic carbocycles. The van der Waals surface area contributed by atoms with E-state index in [1.54, 1.807) is 0 Å². The van der Waals surface area contributed by atoms with Crippen molar-refractivity contribution in [3.8, 4) is 5.75 Å². The van der Waals surface area contributed by atoms with Crippen molar-refractivity contribution < 1.29 is 9.53 Å². The fraction of sp³-hybridized carbons (Fsp3) is 0.562. The highest BCUT2D eigenvalue weighted by atomic mass is 16.5. The second-order valence-electron chi connectivity index (χ2n) is 5.62. The van der Waals surface area contributed by atoms with E-state index in [9.17, 15) is 4.79 Å². The van der Waals surface area contributed by atoms with E-state index in [2.05, 4.69) is 5.32 Å². The third-order valence-electron chi connectivity index (χ3n) is 3.68. The number of rotatable bonds is 7. The Hall–Kier alpha value is -1.55. The van der Waals surface area contributed by atoms with E-state index in [0.717, 1.165) is 12.2 Å². The van der Waals surface area contributed by atoms with Gasteiger partial charge in [-0.15, -0.1) is 0 Å². The third-order valence-corrected chi connectivity index (χ3v) is 3.68. The number of nitrogens with two attached hydrogens (primary N) is 1. The van der Waals surface area contributed by atoms with Crippen LogP contribution in [0.25, 0.3) is 0 Å². The Morgan fingerprint density at radius 3 is 2.50 bits per heavy atom. The van der Waals surface area contributed by atoms with Crippen LogP contribution in [0.15, 0.2) is 24.3 Å². The monoisotopic (exact) mass is 278 g/mol. The van der Waals surface area contributed by atoms with Gasteiger partial charge in [0.1, 0.15) is 12.4 Å². The molecule has 0 spiro atoms. The van der Waals surface area contributed by atoms with Crippen molar-refractivity contribution in [3.05, 3.63) is 29.8 Å². The number of carbonyl (C=O) groups is 1. The molecule has 0 aliphatic heterocycles. The Balaban J connectivity index is 2.45. The number of hydrogen-bond acceptors (Lipinski definition) is 3. The molecule has 3 N–H and O–H groups in total. The molecule has 0 heterocycles. The molecule has 4 heteroatoms. The summed E-state index contributed by atoms with van der Waals surface area (Å²) in [5.74, 6) is 0.802. The smallest absolute Gasteiger partial charge is 0.227 e. The van der Waals surface area contributed by atoms with Crippen LogP contribution in [0.5, 0.6) is 5.75 Å². The van der Waals surface area contributed by atoms with E-state index in [-0.39, 0.29) is 11.9 Å². The molecule has 4 nitrogen and oxygen atoms in total. The van der Waals surface area contributed by atoms with Crippen LogP contribution in [0, 0.1) is 12.3 Å². The standard InChI is InChI=1S/C16H26N2O2/c1-5-16(4,11-17)15(19)18-13(3)10-20-14-8-6-12(2)7-9-14/h6-9,13H,5,10-11,17H2,1-4H3,(H,18,19). The molecule has 1 amide bonds. The van der Waals surface area contributed by atoms with Gasteiger partial charge in [-0.1, -0.05) is 24.6 Å². The highest BCUT2D eigenvalue weighted by Crippen LogP contribution is 2.19. The molecule has 0 aliphatic rings. The lowest BCUT2D eigenvalue weighted by Crippen LogP contribution is -2.48. The minimum atomic E-state index is -0.502. The van der Waals surface area contributed by atoms with E-state index < -0.39 is 5.41 Å². The van der Waals surface area contributed by atoms with Gasteiger partial charge in [0.25, 0.3) is 0 Å². The van der Waals surface area contributed by atoms with Gasteiger partial charge in [0.2, 0.25) is 5.91 Å². The first-order chi connectivity index (χ1) is 9.41. The molecular formula is C16H26N2O2. The van der Waals surface area contributed by atoms with Gasteiger partial charge in [0.05, 0.1) is 11.5 Å². The molecule has 0 saturated carbocycles. The van der Waals surface area contributed by atoms with Gasteiger partial charge in [0, 0.05) is 6.54 Å². The summed E-state index contributed by atoms with van der Waals surface area (Å²) in [5.41, 5.74) is 6.37. The number of nitrogens with one attached hydrogen (secondary N) is 1. The average Bonchev–Trinajstić information content (AvgIpc) is 2.45. The minimum Gasteiger partial charge on any atom is -0.491 e. The molecule has 2 unspecified atom stereocenters. The molecule has 0 aromatic heterocycles. The van der Waals surface area contributed by atoms with Gasteiger partial charge >= 0.3 is 0 Å². The average molecular weight is 278 g/mol. The third kappa shape index (κ3) is 4.53. The van der Waals surface area contributed by atoms with Crippen molar-refractivity contribution >= 4 is 5.91 Å². The second-order valence-corrected chi connectivity index (χ2v) is 5.62. The van der Waals surface area contributed by atoms with Gasteiger partial charge in [-0.2, -0.15) is 0 Å². The number of carbonyl (C=O) groups excluding carboxylic acids is 1. The van der Waals surface area contributed by atoms with Crippen molar-refractivity contribution in [1.29, 1.82) is 0 Å². The molecular weight excluding hydrogens is 252 g/mol. The highest BCUT2D eigenvalue weighted by Gasteiger charge is 2.30. The van der Waals surface area contributed by atoms with Crippen LogP contribution in [0.4, 0.5) is 0 Å². The number of benzene rings is 1. The van der Waals surface area contributed by atoms with Gasteiger partial charge in [-0.25, -0.2) is 0 Å².